The minimum absolute atomic E-state index is 0.00218. The number of aliphatic hydroxyl groups is 1. The van der Waals surface area contributed by atoms with Crippen molar-refractivity contribution >= 4 is 17.9 Å². The number of benzene rings is 1. The van der Waals surface area contributed by atoms with Crippen molar-refractivity contribution in [3.05, 3.63) is 24.3 Å². The Morgan fingerprint density at radius 1 is 1.12 bits per heavy atom. The maximum absolute atomic E-state index is 12.8. The van der Waals surface area contributed by atoms with Crippen LogP contribution in [0.15, 0.2) is 24.3 Å². The van der Waals surface area contributed by atoms with Gasteiger partial charge in [0.05, 0.1) is 39.3 Å². The molecule has 0 aromatic heterocycles. The van der Waals surface area contributed by atoms with E-state index >= 15 is 0 Å². The van der Waals surface area contributed by atoms with Crippen LogP contribution >= 0.6 is 0 Å². The quantitative estimate of drug-likeness (QED) is 0.283. The van der Waals surface area contributed by atoms with E-state index in [-0.39, 0.29) is 31.2 Å². The molecule has 0 spiro atoms. The number of phenolic OH excluding ortho intramolecular Hbond substituents is 1. The maximum atomic E-state index is 12.8. The second kappa shape index (κ2) is 13.0. The highest BCUT2D eigenvalue weighted by atomic mass is 16.7. The summed E-state index contributed by atoms with van der Waals surface area (Å²) in [6.07, 6.45) is 0.149. The van der Waals surface area contributed by atoms with Crippen LogP contribution < -0.4 is 4.74 Å². The first-order valence-corrected chi connectivity index (χ1v) is 10.9. The lowest BCUT2D eigenvalue weighted by Gasteiger charge is -2.31. The summed E-state index contributed by atoms with van der Waals surface area (Å²) in [4.78, 5) is 42.3. The van der Waals surface area contributed by atoms with E-state index in [1.54, 1.807) is 0 Å². The lowest BCUT2D eigenvalue weighted by Crippen LogP contribution is -2.58. The van der Waals surface area contributed by atoms with Gasteiger partial charge in [0, 0.05) is 0 Å². The third-order valence-corrected chi connectivity index (χ3v) is 4.97. The molecule has 184 valence electrons. The predicted octanol–water partition coefficient (Wildman–Crippen LogP) is 1.26. The Hall–Kier alpha value is -2.89. The van der Waals surface area contributed by atoms with Crippen LogP contribution in [0.4, 0.5) is 0 Å². The number of morpholine rings is 1. The van der Waals surface area contributed by atoms with Gasteiger partial charge in [0.2, 0.25) is 11.7 Å². The summed E-state index contributed by atoms with van der Waals surface area (Å²) in [7, 11) is 0. The molecule has 3 N–H and O–H groups in total. The topological polar surface area (TPSA) is 152 Å². The standard InChI is InChI=1S/C22H31NO10/c1-2-3-4-5-12-31-20(26)19(32-17-8-6-16(24)7-9-17)22(29,21(27)28)15-18(25)33-23-10-13-30-14-11-23/h6-9,19,24,29H,2-5,10-15H2,1H3,(H,27,28). The van der Waals surface area contributed by atoms with Gasteiger partial charge in [-0.2, -0.15) is 0 Å². The van der Waals surface area contributed by atoms with Gasteiger partial charge >= 0.3 is 17.9 Å². The van der Waals surface area contributed by atoms with E-state index < -0.39 is 36.0 Å². The van der Waals surface area contributed by atoms with Gasteiger partial charge < -0.3 is 34.4 Å². The summed E-state index contributed by atoms with van der Waals surface area (Å²) >= 11 is 0. The molecule has 2 rings (SSSR count). The number of aliphatic carboxylic acids is 1. The molecule has 0 amide bonds. The second-order valence-electron chi connectivity index (χ2n) is 7.63. The van der Waals surface area contributed by atoms with Gasteiger partial charge in [-0.1, -0.05) is 26.2 Å². The van der Waals surface area contributed by atoms with Gasteiger partial charge in [0.25, 0.3) is 0 Å². The van der Waals surface area contributed by atoms with Crippen molar-refractivity contribution in [1.29, 1.82) is 0 Å². The molecule has 1 aliphatic rings. The molecular weight excluding hydrogens is 438 g/mol. The number of carbonyl (C=O) groups is 3. The van der Waals surface area contributed by atoms with Crippen molar-refractivity contribution in [3.8, 4) is 11.5 Å². The van der Waals surface area contributed by atoms with Gasteiger partial charge in [-0.15, -0.1) is 5.06 Å². The zero-order chi connectivity index (χ0) is 24.3. The number of carboxylic acid groups (broad SMARTS) is 1. The molecule has 1 heterocycles. The highest BCUT2D eigenvalue weighted by Gasteiger charge is 2.53. The van der Waals surface area contributed by atoms with Crippen molar-refractivity contribution < 1.29 is 48.8 Å². The zero-order valence-corrected chi connectivity index (χ0v) is 18.6. The van der Waals surface area contributed by atoms with Crippen LogP contribution in [0.1, 0.15) is 39.0 Å². The third kappa shape index (κ3) is 8.19. The van der Waals surface area contributed by atoms with E-state index in [0.717, 1.165) is 19.3 Å². The number of esters is 1. The van der Waals surface area contributed by atoms with Crippen LogP contribution in [-0.2, 0) is 28.7 Å². The van der Waals surface area contributed by atoms with Gasteiger partial charge in [-0.3, -0.25) is 4.79 Å². The minimum atomic E-state index is -2.97. The average Bonchev–Trinajstić information content (AvgIpc) is 2.78. The van der Waals surface area contributed by atoms with Crippen LogP contribution in [0.5, 0.6) is 11.5 Å². The van der Waals surface area contributed by atoms with E-state index in [4.69, 9.17) is 19.0 Å². The Balaban J connectivity index is 2.18. The SMILES string of the molecule is CCCCCCOC(=O)C(Oc1ccc(O)cc1)C(O)(CC(=O)ON1CCOCC1)C(=O)O. The number of aromatic hydroxyl groups is 1. The van der Waals surface area contributed by atoms with Crippen LogP contribution in [-0.4, -0.2) is 82.9 Å². The fourth-order valence-electron chi connectivity index (χ4n) is 3.09. The van der Waals surface area contributed by atoms with Crippen molar-refractivity contribution in [2.24, 2.45) is 0 Å². The first-order valence-electron chi connectivity index (χ1n) is 10.9. The number of hydrogen-bond donors (Lipinski definition) is 3. The van der Waals surface area contributed by atoms with E-state index in [1.165, 1.54) is 29.3 Å². The Kier molecular flexibility index (Phi) is 10.4. The number of carbonyl (C=O) groups excluding carboxylic acids is 2. The number of ether oxygens (including phenoxy) is 3. The Morgan fingerprint density at radius 3 is 2.39 bits per heavy atom. The van der Waals surface area contributed by atoms with Crippen molar-refractivity contribution in [1.82, 2.24) is 5.06 Å². The minimum Gasteiger partial charge on any atom is -0.508 e. The summed E-state index contributed by atoms with van der Waals surface area (Å²) in [5, 5.41) is 31.4. The number of unbranched alkanes of at least 4 members (excludes halogenated alkanes) is 3. The Labute approximate surface area is 191 Å². The van der Waals surface area contributed by atoms with E-state index in [0.29, 0.717) is 19.6 Å². The molecule has 1 aliphatic heterocycles. The van der Waals surface area contributed by atoms with Gasteiger partial charge in [0.1, 0.15) is 11.5 Å². The second-order valence-corrected chi connectivity index (χ2v) is 7.63. The lowest BCUT2D eigenvalue weighted by atomic mass is 9.92. The van der Waals surface area contributed by atoms with Crippen LogP contribution in [0.2, 0.25) is 0 Å². The first-order chi connectivity index (χ1) is 15.8. The average molecular weight is 469 g/mol. The van der Waals surface area contributed by atoms with Crippen LogP contribution in [0.25, 0.3) is 0 Å². The van der Waals surface area contributed by atoms with Crippen LogP contribution in [0, 0.1) is 0 Å². The molecule has 2 atom stereocenters. The molecule has 2 unspecified atom stereocenters. The highest BCUT2D eigenvalue weighted by Crippen LogP contribution is 2.26. The fraction of sp³-hybridized carbons (Fsp3) is 0.591. The monoisotopic (exact) mass is 469 g/mol. The Morgan fingerprint density at radius 2 is 1.79 bits per heavy atom. The highest BCUT2D eigenvalue weighted by molar-refractivity contribution is 5.92. The molecular formula is C22H31NO10. The molecule has 1 saturated heterocycles. The van der Waals surface area contributed by atoms with Crippen molar-refractivity contribution in [2.75, 3.05) is 32.9 Å². The van der Waals surface area contributed by atoms with Crippen molar-refractivity contribution in [3.63, 3.8) is 0 Å². The van der Waals surface area contributed by atoms with Gasteiger partial charge in [0.15, 0.2) is 0 Å². The molecule has 0 saturated carbocycles. The smallest absolute Gasteiger partial charge is 0.351 e. The van der Waals surface area contributed by atoms with E-state index in [9.17, 15) is 29.7 Å². The van der Waals surface area contributed by atoms with Gasteiger partial charge in [-0.05, 0) is 30.7 Å². The summed E-state index contributed by atoms with van der Waals surface area (Å²) in [5.41, 5.74) is -2.97. The lowest BCUT2D eigenvalue weighted by molar-refractivity contribution is -0.215. The number of carboxylic acids is 1. The molecule has 11 nitrogen and oxygen atoms in total. The molecule has 1 aromatic rings. The normalized spacial score (nSPS) is 16.9. The van der Waals surface area contributed by atoms with Crippen molar-refractivity contribution in [2.45, 2.75) is 50.7 Å². The van der Waals surface area contributed by atoms with E-state index in [2.05, 4.69) is 0 Å². The molecule has 33 heavy (non-hydrogen) atoms. The summed E-state index contributed by atoms with van der Waals surface area (Å²) in [5.74, 6) is -4.14. The predicted molar refractivity (Wildman–Crippen MR) is 113 cm³/mol. The maximum Gasteiger partial charge on any atom is 0.351 e. The Bertz CT molecular complexity index is 778. The molecule has 1 aromatic carbocycles. The first kappa shape index (κ1) is 26.4. The van der Waals surface area contributed by atoms with Crippen LogP contribution in [0.3, 0.4) is 0 Å². The van der Waals surface area contributed by atoms with Gasteiger partial charge in [-0.25, -0.2) is 9.59 Å². The molecule has 0 radical (unpaired) electrons. The summed E-state index contributed by atoms with van der Waals surface area (Å²) in [6, 6.07) is 5.08. The number of rotatable bonds is 13. The fourth-order valence-corrected chi connectivity index (χ4v) is 3.09. The zero-order valence-electron chi connectivity index (χ0n) is 18.6. The largest absolute Gasteiger partial charge is 0.508 e. The molecule has 0 aliphatic carbocycles. The number of nitrogens with zero attached hydrogens (tertiary/aromatic N) is 1. The number of hydroxylamine groups is 2. The third-order valence-electron chi connectivity index (χ3n) is 4.97. The molecule has 1 fully saturated rings. The number of phenols is 1. The molecule has 0 bridgehead atoms. The number of hydrogen-bond acceptors (Lipinski definition) is 10. The summed E-state index contributed by atoms with van der Waals surface area (Å²) in [6.45, 7) is 3.24. The molecule has 11 heteroatoms. The van der Waals surface area contributed by atoms with E-state index in [1.807, 2.05) is 6.92 Å². The summed E-state index contributed by atoms with van der Waals surface area (Å²) < 4.78 is 15.8.